The number of hydrogen-bond acceptors (Lipinski definition) is 4. The Hall–Kier alpha value is -0.940. The molecule has 5 heteroatoms. The number of piperidine rings is 1. The Bertz CT molecular complexity index is 408. The van der Waals surface area contributed by atoms with Gasteiger partial charge in [0.1, 0.15) is 0 Å². The number of hydrogen-bond donors (Lipinski definition) is 0. The van der Waals surface area contributed by atoms with Crippen LogP contribution in [-0.4, -0.2) is 54.4 Å². The van der Waals surface area contributed by atoms with E-state index in [9.17, 15) is 4.79 Å². The second-order valence-electron chi connectivity index (χ2n) is 5.17. The molecule has 0 unspecified atom stereocenters. The summed E-state index contributed by atoms with van der Waals surface area (Å²) in [5, 5.41) is 3.39. The number of likely N-dealkylation sites (tertiary alicyclic amines) is 1. The largest absolute Gasteiger partial charge is 0.348 e. The van der Waals surface area contributed by atoms with E-state index in [4.69, 9.17) is 0 Å². The molecule has 1 amide bonds. The van der Waals surface area contributed by atoms with Crippen molar-refractivity contribution in [3.63, 3.8) is 0 Å². The number of aryl methyl sites for hydroxylation is 1. The van der Waals surface area contributed by atoms with Gasteiger partial charge >= 0.3 is 0 Å². The van der Waals surface area contributed by atoms with E-state index in [0.717, 1.165) is 31.6 Å². The van der Waals surface area contributed by atoms with Gasteiger partial charge in [0.05, 0.1) is 11.6 Å². The van der Waals surface area contributed by atoms with Crippen molar-refractivity contribution in [2.75, 3.05) is 33.7 Å². The first-order valence-corrected chi connectivity index (χ1v) is 7.28. The molecule has 100 valence electrons. The lowest BCUT2D eigenvalue weighted by atomic mass is 9.97. The van der Waals surface area contributed by atoms with E-state index >= 15 is 0 Å². The first-order chi connectivity index (χ1) is 8.56. The van der Waals surface area contributed by atoms with Crippen molar-refractivity contribution in [3.8, 4) is 0 Å². The monoisotopic (exact) mass is 267 g/mol. The highest BCUT2D eigenvalue weighted by Crippen LogP contribution is 2.29. The second kappa shape index (κ2) is 5.80. The molecule has 1 aliphatic heterocycles. The van der Waals surface area contributed by atoms with E-state index in [2.05, 4.69) is 15.3 Å². The zero-order valence-electron chi connectivity index (χ0n) is 11.3. The molecule has 1 aromatic heterocycles. The average molecular weight is 267 g/mol. The zero-order valence-corrected chi connectivity index (χ0v) is 12.2. The van der Waals surface area contributed by atoms with Gasteiger partial charge in [0.15, 0.2) is 0 Å². The van der Waals surface area contributed by atoms with Crippen molar-refractivity contribution in [3.05, 3.63) is 16.1 Å². The molecule has 0 bridgehead atoms. The molecular formula is C13H21N3OS. The number of carbonyl (C=O) groups is 1. The van der Waals surface area contributed by atoms with E-state index in [0.29, 0.717) is 12.5 Å². The molecule has 0 radical (unpaired) electrons. The van der Waals surface area contributed by atoms with Crippen LogP contribution in [-0.2, 0) is 4.79 Å². The third-order valence-electron chi connectivity index (χ3n) is 3.43. The Kier molecular flexibility index (Phi) is 4.35. The maximum Gasteiger partial charge on any atom is 0.236 e. The van der Waals surface area contributed by atoms with Crippen LogP contribution in [0.5, 0.6) is 0 Å². The van der Waals surface area contributed by atoms with Crippen LogP contribution in [0.1, 0.15) is 29.5 Å². The fourth-order valence-electron chi connectivity index (χ4n) is 2.23. The Morgan fingerprint density at radius 3 is 2.67 bits per heavy atom. The molecule has 1 saturated heterocycles. The van der Waals surface area contributed by atoms with Gasteiger partial charge in [-0.05, 0) is 32.9 Å². The molecule has 2 rings (SSSR count). The van der Waals surface area contributed by atoms with Gasteiger partial charge in [-0.2, -0.15) is 0 Å². The Balaban J connectivity index is 1.83. The summed E-state index contributed by atoms with van der Waals surface area (Å²) in [6, 6.07) is 0. The van der Waals surface area contributed by atoms with Crippen molar-refractivity contribution in [1.82, 2.24) is 14.8 Å². The maximum absolute atomic E-state index is 11.6. The Morgan fingerprint density at radius 2 is 2.17 bits per heavy atom. The summed E-state index contributed by atoms with van der Waals surface area (Å²) in [6.45, 7) is 4.60. The SMILES string of the molecule is Cc1csc(C2CCN(CC(=O)N(C)C)CC2)n1. The highest BCUT2D eigenvalue weighted by molar-refractivity contribution is 7.09. The lowest BCUT2D eigenvalue weighted by Gasteiger charge is -2.31. The quantitative estimate of drug-likeness (QED) is 0.836. The molecule has 1 aliphatic rings. The van der Waals surface area contributed by atoms with Crippen molar-refractivity contribution >= 4 is 17.2 Å². The summed E-state index contributed by atoms with van der Waals surface area (Å²) in [7, 11) is 3.63. The average Bonchev–Trinajstić information content (AvgIpc) is 2.76. The summed E-state index contributed by atoms with van der Waals surface area (Å²) in [4.78, 5) is 20.1. The number of thiazole rings is 1. The summed E-state index contributed by atoms with van der Waals surface area (Å²) in [5.74, 6) is 0.785. The number of likely N-dealkylation sites (N-methyl/N-ethyl adjacent to an activating group) is 1. The predicted octanol–water partition coefficient (Wildman–Crippen LogP) is 1.72. The van der Waals surface area contributed by atoms with Gasteiger partial charge in [-0.15, -0.1) is 11.3 Å². The third-order valence-corrected chi connectivity index (χ3v) is 4.56. The number of carbonyl (C=O) groups excluding carboxylic acids is 1. The van der Waals surface area contributed by atoms with Crippen LogP contribution in [0.25, 0.3) is 0 Å². The van der Waals surface area contributed by atoms with Crippen LogP contribution in [0.4, 0.5) is 0 Å². The van der Waals surface area contributed by atoms with Gasteiger partial charge in [-0.1, -0.05) is 0 Å². The molecule has 1 fully saturated rings. The molecule has 4 nitrogen and oxygen atoms in total. The van der Waals surface area contributed by atoms with Crippen molar-refractivity contribution in [2.24, 2.45) is 0 Å². The first kappa shape index (κ1) is 13.5. The standard InChI is InChI=1S/C13H21N3OS/c1-10-9-18-13(14-10)11-4-6-16(7-5-11)8-12(17)15(2)3/h9,11H,4-8H2,1-3H3. The molecule has 0 aromatic carbocycles. The van der Waals surface area contributed by atoms with Crippen LogP contribution in [0.15, 0.2) is 5.38 Å². The minimum absolute atomic E-state index is 0.193. The van der Waals surface area contributed by atoms with Gasteiger partial charge < -0.3 is 4.90 Å². The molecule has 0 saturated carbocycles. The first-order valence-electron chi connectivity index (χ1n) is 6.41. The molecular weight excluding hydrogens is 246 g/mol. The minimum Gasteiger partial charge on any atom is -0.348 e. The van der Waals surface area contributed by atoms with Crippen LogP contribution in [0.3, 0.4) is 0 Å². The number of rotatable bonds is 3. The fraction of sp³-hybridized carbons (Fsp3) is 0.692. The van der Waals surface area contributed by atoms with Crippen molar-refractivity contribution in [1.29, 1.82) is 0 Å². The third kappa shape index (κ3) is 3.29. The number of nitrogens with zero attached hydrogens (tertiary/aromatic N) is 3. The van der Waals surface area contributed by atoms with Crippen molar-refractivity contribution in [2.45, 2.75) is 25.7 Å². The van der Waals surface area contributed by atoms with Crippen LogP contribution in [0, 0.1) is 6.92 Å². The number of amides is 1. The zero-order chi connectivity index (χ0) is 13.1. The van der Waals surface area contributed by atoms with Gasteiger partial charge in [-0.25, -0.2) is 4.98 Å². The van der Waals surface area contributed by atoms with Gasteiger partial charge in [0.2, 0.25) is 5.91 Å². The molecule has 0 atom stereocenters. The molecule has 18 heavy (non-hydrogen) atoms. The van der Waals surface area contributed by atoms with Gasteiger partial charge in [0.25, 0.3) is 0 Å². The summed E-state index contributed by atoms with van der Waals surface area (Å²) < 4.78 is 0. The Labute approximate surface area is 113 Å². The molecule has 1 aromatic rings. The van der Waals surface area contributed by atoms with Crippen LogP contribution in [0.2, 0.25) is 0 Å². The number of aromatic nitrogens is 1. The highest BCUT2D eigenvalue weighted by atomic mass is 32.1. The van der Waals surface area contributed by atoms with Crippen LogP contribution < -0.4 is 0 Å². The summed E-state index contributed by atoms with van der Waals surface area (Å²) in [5.41, 5.74) is 1.13. The normalized spacial score (nSPS) is 17.9. The lowest BCUT2D eigenvalue weighted by Crippen LogP contribution is -2.40. The minimum atomic E-state index is 0.193. The highest BCUT2D eigenvalue weighted by Gasteiger charge is 2.24. The van der Waals surface area contributed by atoms with E-state index < -0.39 is 0 Å². The lowest BCUT2D eigenvalue weighted by molar-refractivity contribution is -0.130. The molecule has 0 spiro atoms. The van der Waals surface area contributed by atoms with E-state index in [-0.39, 0.29) is 5.91 Å². The fourth-order valence-corrected chi connectivity index (χ4v) is 3.20. The van der Waals surface area contributed by atoms with E-state index in [1.165, 1.54) is 5.01 Å². The van der Waals surface area contributed by atoms with E-state index in [1.807, 2.05) is 21.0 Å². The summed E-state index contributed by atoms with van der Waals surface area (Å²) in [6.07, 6.45) is 2.24. The van der Waals surface area contributed by atoms with Gasteiger partial charge in [-0.3, -0.25) is 9.69 Å². The second-order valence-corrected chi connectivity index (χ2v) is 6.06. The van der Waals surface area contributed by atoms with Crippen molar-refractivity contribution < 1.29 is 4.79 Å². The molecule has 0 aliphatic carbocycles. The smallest absolute Gasteiger partial charge is 0.236 e. The van der Waals surface area contributed by atoms with E-state index in [1.54, 1.807) is 16.2 Å². The molecule has 0 N–H and O–H groups in total. The van der Waals surface area contributed by atoms with Gasteiger partial charge in [0, 0.05) is 31.1 Å². The topological polar surface area (TPSA) is 36.4 Å². The predicted molar refractivity (Wildman–Crippen MR) is 74.0 cm³/mol. The molecule has 2 heterocycles. The Morgan fingerprint density at radius 1 is 1.50 bits per heavy atom. The maximum atomic E-state index is 11.6. The van der Waals surface area contributed by atoms with Crippen LogP contribution >= 0.6 is 11.3 Å². The summed E-state index contributed by atoms with van der Waals surface area (Å²) >= 11 is 1.77.